The van der Waals surface area contributed by atoms with E-state index in [9.17, 15) is 0 Å². The minimum absolute atomic E-state index is 0.413. The molecule has 0 aromatic carbocycles. The van der Waals surface area contributed by atoms with Gasteiger partial charge in [-0.15, -0.1) is 20.4 Å². The van der Waals surface area contributed by atoms with Crippen molar-refractivity contribution in [3.05, 3.63) is 17.5 Å². The lowest BCUT2D eigenvalue weighted by Crippen LogP contribution is -2.09. The van der Waals surface area contributed by atoms with Crippen LogP contribution in [0.2, 0.25) is 0 Å². The van der Waals surface area contributed by atoms with E-state index in [4.69, 9.17) is 5.73 Å². The molecule has 2 aromatic rings. The summed E-state index contributed by atoms with van der Waals surface area (Å²) >= 11 is 1.61. The molecule has 8 heteroatoms. The second kappa shape index (κ2) is 6.16. The molecule has 0 bridgehead atoms. The third-order valence-corrected chi connectivity index (χ3v) is 3.90. The highest BCUT2D eigenvalue weighted by molar-refractivity contribution is 7.98. The number of hydrogen-bond donors (Lipinski definition) is 1. The Morgan fingerprint density at radius 1 is 1.16 bits per heavy atom. The van der Waals surface area contributed by atoms with E-state index in [1.54, 1.807) is 11.8 Å². The minimum atomic E-state index is 0.413. The molecule has 2 rings (SSSR count). The van der Waals surface area contributed by atoms with Gasteiger partial charge in [0.25, 0.3) is 0 Å². The summed E-state index contributed by atoms with van der Waals surface area (Å²) in [4.78, 5) is 0. The number of aromatic nitrogens is 6. The molecule has 0 saturated carbocycles. The molecule has 0 saturated heterocycles. The zero-order valence-electron chi connectivity index (χ0n) is 11.5. The van der Waals surface area contributed by atoms with Gasteiger partial charge in [0.1, 0.15) is 17.5 Å². The number of nitrogens with zero attached hydrogens (tertiary/aromatic N) is 6. The first-order valence-corrected chi connectivity index (χ1v) is 7.25. The summed E-state index contributed by atoms with van der Waals surface area (Å²) in [5, 5.41) is 17.4. The zero-order valence-corrected chi connectivity index (χ0v) is 12.3. The Hall–Kier alpha value is -1.41. The van der Waals surface area contributed by atoms with Gasteiger partial charge in [-0.3, -0.25) is 0 Å². The van der Waals surface area contributed by atoms with Gasteiger partial charge in [0, 0.05) is 13.6 Å². The van der Waals surface area contributed by atoms with Gasteiger partial charge in [-0.2, -0.15) is 0 Å². The molecular weight excluding hydrogens is 262 g/mol. The normalized spacial score (nSPS) is 11.2. The van der Waals surface area contributed by atoms with Crippen LogP contribution < -0.4 is 5.73 Å². The van der Waals surface area contributed by atoms with E-state index in [1.807, 2.05) is 18.5 Å². The topological polar surface area (TPSA) is 87.4 Å². The van der Waals surface area contributed by atoms with Gasteiger partial charge in [-0.05, 0) is 13.3 Å². The predicted octanol–water partition coefficient (Wildman–Crippen LogP) is 0.876. The molecule has 0 aliphatic carbocycles. The van der Waals surface area contributed by atoms with Crippen LogP contribution in [-0.4, -0.2) is 29.5 Å². The van der Waals surface area contributed by atoms with Gasteiger partial charge in [0.2, 0.25) is 0 Å². The van der Waals surface area contributed by atoms with Crippen LogP contribution >= 0.6 is 11.8 Å². The molecule has 2 aromatic heterocycles. The smallest absolute Gasteiger partial charge is 0.191 e. The van der Waals surface area contributed by atoms with Gasteiger partial charge >= 0.3 is 0 Å². The predicted molar refractivity (Wildman–Crippen MR) is 73.5 cm³/mol. The molecule has 2 N–H and O–H groups in total. The maximum atomic E-state index is 5.67. The highest BCUT2D eigenvalue weighted by Gasteiger charge is 2.12. The maximum Gasteiger partial charge on any atom is 0.191 e. The summed E-state index contributed by atoms with van der Waals surface area (Å²) in [5.74, 6) is 3.40. The van der Waals surface area contributed by atoms with Crippen molar-refractivity contribution in [2.24, 2.45) is 12.8 Å². The number of hydrogen-bond acceptors (Lipinski definition) is 6. The lowest BCUT2D eigenvalue weighted by molar-refractivity contribution is 0.592. The van der Waals surface area contributed by atoms with Crippen molar-refractivity contribution in [1.82, 2.24) is 29.5 Å². The SMILES string of the molecule is CCCn1c(CN)nnc1SCc1nnc(C)n1C. The fourth-order valence-corrected chi connectivity index (χ4v) is 2.69. The highest BCUT2D eigenvalue weighted by Crippen LogP contribution is 2.21. The van der Waals surface area contributed by atoms with Crippen LogP contribution in [0.1, 0.15) is 30.8 Å². The molecule has 0 fully saturated rings. The Kier molecular flexibility index (Phi) is 4.54. The molecule has 0 aliphatic heterocycles. The average Bonchev–Trinajstić information content (AvgIpc) is 2.94. The molecule has 0 radical (unpaired) electrons. The number of rotatable bonds is 6. The number of thioether (sulfide) groups is 1. The molecule has 2 heterocycles. The summed E-state index contributed by atoms with van der Waals surface area (Å²) in [6.45, 7) is 5.37. The molecular formula is C11H19N7S. The van der Waals surface area contributed by atoms with Crippen LogP contribution in [0.25, 0.3) is 0 Å². The first kappa shape index (κ1) is 14.0. The van der Waals surface area contributed by atoms with Crippen LogP contribution in [0, 0.1) is 6.92 Å². The molecule has 0 unspecified atom stereocenters. The van der Waals surface area contributed by atoms with Gasteiger partial charge in [-0.1, -0.05) is 18.7 Å². The Bertz CT molecular complexity index is 545. The van der Waals surface area contributed by atoms with E-state index in [0.29, 0.717) is 6.54 Å². The van der Waals surface area contributed by atoms with Gasteiger partial charge in [0.15, 0.2) is 5.16 Å². The van der Waals surface area contributed by atoms with E-state index in [2.05, 4.69) is 31.9 Å². The van der Waals surface area contributed by atoms with Crippen molar-refractivity contribution >= 4 is 11.8 Å². The molecule has 104 valence electrons. The van der Waals surface area contributed by atoms with E-state index < -0.39 is 0 Å². The van der Waals surface area contributed by atoms with E-state index >= 15 is 0 Å². The third kappa shape index (κ3) is 2.95. The van der Waals surface area contributed by atoms with E-state index in [0.717, 1.165) is 41.3 Å². The van der Waals surface area contributed by atoms with E-state index in [-0.39, 0.29) is 0 Å². The summed E-state index contributed by atoms with van der Waals surface area (Å²) in [5.41, 5.74) is 5.67. The first-order chi connectivity index (χ1) is 9.17. The second-order valence-corrected chi connectivity index (χ2v) is 5.21. The summed E-state index contributed by atoms with van der Waals surface area (Å²) in [6.07, 6.45) is 1.03. The fraction of sp³-hybridized carbons (Fsp3) is 0.636. The average molecular weight is 281 g/mol. The first-order valence-electron chi connectivity index (χ1n) is 6.27. The molecule has 0 aliphatic rings. The van der Waals surface area contributed by atoms with E-state index in [1.165, 1.54) is 0 Å². The van der Waals surface area contributed by atoms with Crippen molar-refractivity contribution in [2.45, 2.75) is 44.3 Å². The monoisotopic (exact) mass is 281 g/mol. The van der Waals surface area contributed by atoms with Crippen molar-refractivity contribution in [1.29, 1.82) is 0 Å². The molecule has 19 heavy (non-hydrogen) atoms. The Labute approximate surface area is 116 Å². The molecule has 0 atom stereocenters. The van der Waals surface area contributed by atoms with Crippen LogP contribution in [0.3, 0.4) is 0 Å². The lowest BCUT2D eigenvalue weighted by Gasteiger charge is -2.07. The molecule has 0 spiro atoms. The van der Waals surface area contributed by atoms with Crippen LogP contribution in [0.15, 0.2) is 5.16 Å². The third-order valence-electron chi connectivity index (χ3n) is 2.94. The van der Waals surface area contributed by atoms with Gasteiger partial charge in [0.05, 0.1) is 12.3 Å². The van der Waals surface area contributed by atoms with Crippen molar-refractivity contribution in [2.75, 3.05) is 0 Å². The highest BCUT2D eigenvalue weighted by atomic mass is 32.2. The van der Waals surface area contributed by atoms with Gasteiger partial charge < -0.3 is 14.9 Å². The zero-order chi connectivity index (χ0) is 13.8. The van der Waals surface area contributed by atoms with Crippen molar-refractivity contribution in [3.63, 3.8) is 0 Å². The van der Waals surface area contributed by atoms with Crippen molar-refractivity contribution in [3.8, 4) is 0 Å². The minimum Gasteiger partial charge on any atom is -0.324 e. The number of nitrogens with two attached hydrogens (primary N) is 1. The summed E-state index contributed by atoms with van der Waals surface area (Å²) in [7, 11) is 1.97. The Morgan fingerprint density at radius 3 is 2.47 bits per heavy atom. The molecule has 0 amide bonds. The second-order valence-electron chi connectivity index (χ2n) is 4.27. The van der Waals surface area contributed by atoms with Crippen LogP contribution in [0.5, 0.6) is 0 Å². The summed E-state index contributed by atoms with van der Waals surface area (Å²) in [6, 6.07) is 0. The number of aryl methyl sites for hydroxylation is 1. The van der Waals surface area contributed by atoms with Crippen molar-refractivity contribution < 1.29 is 0 Å². The van der Waals surface area contributed by atoms with Crippen LogP contribution in [0.4, 0.5) is 0 Å². The molecule has 7 nitrogen and oxygen atoms in total. The quantitative estimate of drug-likeness (QED) is 0.791. The standard InChI is InChI=1S/C11H19N7S/c1-4-5-18-9(6-12)14-16-11(18)19-7-10-15-13-8(2)17(10)3/h4-7,12H2,1-3H3. The largest absolute Gasteiger partial charge is 0.324 e. The lowest BCUT2D eigenvalue weighted by atomic mass is 10.4. The fourth-order valence-electron chi connectivity index (χ4n) is 1.73. The summed E-state index contributed by atoms with van der Waals surface area (Å²) < 4.78 is 4.06. The Morgan fingerprint density at radius 2 is 1.89 bits per heavy atom. The maximum absolute atomic E-state index is 5.67. The van der Waals surface area contributed by atoms with Gasteiger partial charge in [-0.25, -0.2) is 0 Å². The Balaban J connectivity index is 2.11. The van der Waals surface area contributed by atoms with Crippen LogP contribution in [-0.2, 0) is 25.9 Å².